The van der Waals surface area contributed by atoms with Crippen molar-refractivity contribution >= 4 is 11.3 Å². The summed E-state index contributed by atoms with van der Waals surface area (Å²) in [6.07, 6.45) is 0.850. The van der Waals surface area contributed by atoms with Gasteiger partial charge in [0.25, 0.3) is 0 Å². The molecule has 0 saturated heterocycles. The number of hydrogen-bond acceptors (Lipinski definition) is 5. The van der Waals surface area contributed by atoms with Crippen molar-refractivity contribution in [1.82, 2.24) is 0 Å². The zero-order valence-corrected chi connectivity index (χ0v) is 11.1. The van der Waals surface area contributed by atoms with Crippen LogP contribution in [0.4, 0.5) is 0 Å². The molecule has 0 aliphatic carbocycles. The highest BCUT2D eigenvalue weighted by molar-refractivity contribution is 7.07. The summed E-state index contributed by atoms with van der Waals surface area (Å²) in [7, 11) is 0. The molecule has 1 aromatic carbocycles. The summed E-state index contributed by atoms with van der Waals surface area (Å²) in [4.78, 5) is 0. The molecule has 0 spiro atoms. The number of rotatable bonds is 5. The fourth-order valence-electron chi connectivity index (χ4n) is 1.94. The Morgan fingerprint density at radius 2 is 2.11 bits per heavy atom. The SMILES string of the molecule is OCc1cc2c(cc1OCCc1ccsc1)OCO2. The minimum atomic E-state index is -0.0789. The lowest BCUT2D eigenvalue weighted by Gasteiger charge is -2.10. The van der Waals surface area contributed by atoms with Gasteiger partial charge in [-0.25, -0.2) is 0 Å². The number of hydrogen-bond donors (Lipinski definition) is 1. The standard InChI is InChI=1S/C14H14O4S/c15-7-11-5-13-14(18-9-17-13)6-12(11)16-3-1-10-2-4-19-8-10/h2,4-6,8,15H,1,3,7,9H2. The van der Waals surface area contributed by atoms with Crippen LogP contribution in [-0.4, -0.2) is 18.5 Å². The quantitative estimate of drug-likeness (QED) is 0.913. The van der Waals surface area contributed by atoms with Crippen molar-refractivity contribution in [2.24, 2.45) is 0 Å². The van der Waals surface area contributed by atoms with Gasteiger partial charge in [-0.3, -0.25) is 0 Å². The minimum Gasteiger partial charge on any atom is -0.493 e. The third-order valence-electron chi connectivity index (χ3n) is 2.95. The summed E-state index contributed by atoms with van der Waals surface area (Å²) >= 11 is 1.68. The molecule has 3 rings (SSSR count). The second-order valence-corrected chi connectivity index (χ2v) is 4.98. The van der Waals surface area contributed by atoms with E-state index in [4.69, 9.17) is 14.2 Å². The molecule has 100 valence electrons. The third-order valence-corrected chi connectivity index (χ3v) is 3.69. The maximum absolute atomic E-state index is 9.36. The lowest BCUT2D eigenvalue weighted by molar-refractivity contribution is 0.173. The topological polar surface area (TPSA) is 47.9 Å². The van der Waals surface area contributed by atoms with Crippen LogP contribution in [0.2, 0.25) is 0 Å². The highest BCUT2D eigenvalue weighted by atomic mass is 32.1. The van der Waals surface area contributed by atoms with Gasteiger partial charge in [0, 0.05) is 18.1 Å². The largest absolute Gasteiger partial charge is 0.493 e. The number of ether oxygens (including phenoxy) is 3. The molecule has 1 aromatic heterocycles. The lowest BCUT2D eigenvalue weighted by Crippen LogP contribution is -2.03. The lowest BCUT2D eigenvalue weighted by atomic mass is 10.2. The molecule has 0 saturated carbocycles. The molecule has 1 aliphatic rings. The number of benzene rings is 1. The highest BCUT2D eigenvalue weighted by Crippen LogP contribution is 2.38. The van der Waals surface area contributed by atoms with E-state index in [1.165, 1.54) is 5.56 Å². The smallest absolute Gasteiger partial charge is 0.231 e. The van der Waals surface area contributed by atoms with Crippen LogP contribution in [0.1, 0.15) is 11.1 Å². The second kappa shape index (κ2) is 5.50. The number of aliphatic hydroxyl groups is 1. The first kappa shape index (κ1) is 12.3. The molecular weight excluding hydrogens is 264 g/mol. The first-order valence-electron chi connectivity index (χ1n) is 6.04. The van der Waals surface area contributed by atoms with Gasteiger partial charge in [0.2, 0.25) is 6.79 Å². The zero-order chi connectivity index (χ0) is 13.1. The molecule has 0 bridgehead atoms. The van der Waals surface area contributed by atoms with E-state index in [2.05, 4.69) is 16.8 Å². The summed E-state index contributed by atoms with van der Waals surface area (Å²) in [5.74, 6) is 1.99. The molecular formula is C14H14O4S. The molecule has 1 aliphatic heterocycles. The maximum Gasteiger partial charge on any atom is 0.231 e. The van der Waals surface area contributed by atoms with Crippen LogP contribution in [0.25, 0.3) is 0 Å². The van der Waals surface area contributed by atoms with Gasteiger partial charge >= 0.3 is 0 Å². The Morgan fingerprint density at radius 1 is 1.26 bits per heavy atom. The maximum atomic E-state index is 9.36. The van der Waals surface area contributed by atoms with E-state index in [0.717, 1.165) is 12.0 Å². The monoisotopic (exact) mass is 278 g/mol. The second-order valence-electron chi connectivity index (χ2n) is 4.20. The van der Waals surface area contributed by atoms with Crippen LogP contribution in [0.5, 0.6) is 17.2 Å². The third kappa shape index (κ3) is 2.67. The van der Waals surface area contributed by atoms with Gasteiger partial charge < -0.3 is 19.3 Å². The van der Waals surface area contributed by atoms with Crippen molar-refractivity contribution in [3.05, 3.63) is 40.1 Å². The summed E-state index contributed by atoms with van der Waals surface area (Å²) < 4.78 is 16.3. The van der Waals surface area contributed by atoms with Gasteiger partial charge in [-0.1, -0.05) is 0 Å². The fraction of sp³-hybridized carbons (Fsp3) is 0.286. The van der Waals surface area contributed by atoms with Crippen LogP contribution < -0.4 is 14.2 Å². The molecule has 0 radical (unpaired) electrons. The van der Waals surface area contributed by atoms with Crippen molar-refractivity contribution in [1.29, 1.82) is 0 Å². The Labute approximate surface area is 115 Å². The fourth-order valence-corrected chi connectivity index (χ4v) is 2.64. The van der Waals surface area contributed by atoms with Gasteiger partial charge in [0.05, 0.1) is 13.2 Å². The molecule has 19 heavy (non-hydrogen) atoms. The number of aliphatic hydroxyl groups excluding tert-OH is 1. The van der Waals surface area contributed by atoms with E-state index < -0.39 is 0 Å². The molecule has 0 atom stereocenters. The summed E-state index contributed by atoms with van der Waals surface area (Å²) in [6, 6.07) is 5.63. The van der Waals surface area contributed by atoms with Crippen molar-refractivity contribution in [2.45, 2.75) is 13.0 Å². The van der Waals surface area contributed by atoms with Crippen LogP contribution in [0, 0.1) is 0 Å². The predicted octanol–water partition coefficient (Wildman–Crippen LogP) is 2.59. The van der Waals surface area contributed by atoms with E-state index in [1.54, 1.807) is 23.5 Å². The first-order chi connectivity index (χ1) is 9.36. The van der Waals surface area contributed by atoms with E-state index in [0.29, 0.717) is 23.9 Å². The Balaban J connectivity index is 1.69. The van der Waals surface area contributed by atoms with Gasteiger partial charge in [0.15, 0.2) is 11.5 Å². The molecule has 0 fully saturated rings. The molecule has 2 heterocycles. The Kier molecular flexibility index (Phi) is 3.57. The normalized spacial score (nSPS) is 12.7. The molecule has 1 N–H and O–H groups in total. The Morgan fingerprint density at radius 3 is 2.84 bits per heavy atom. The van der Waals surface area contributed by atoms with Gasteiger partial charge in [0.1, 0.15) is 5.75 Å². The molecule has 0 unspecified atom stereocenters. The van der Waals surface area contributed by atoms with E-state index in [-0.39, 0.29) is 13.4 Å². The Bertz CT molecular complexity index is 551. The average molecular weight is 278 g/mol. The molecule has 2 aromatic rings. The highest BCUT2D eigenvalue weighted by Gasteiger charge is 2.17. The van der Waals surface area contributed by atoms with E-state index >= 15 is 0 Å². The molecule has 5 heteroatoms. The van der Waals surface area contributed by atoms with Gasteiger partial charge in [-0.05, 0) is 28.5 Å². The van der Waals surface area contributed by atoms with Crippen molar-refractivity contribution < 1.29 is 19.3 Å². The zero-order valence-electron chi connectivity index (χ0n) is 10.3. The van der Waals surface area contributed by atoms with Crippen molar-refractivity contribution in [3.63, 3.8) is 0 Å². The average Bonchev–Trinajstić information content (AvgIpc) is 3.08. The number of thiophene rings is 1. The predicted molar refractivity (Wildman–Crippen MR) is 72.0 cm³/mol. The van der Waals surface area contributed by atoms with E-state index in [1.807, 2.05) is 0 Å². The van der Waals surface area contributed by atoms with Crippen LogP contribution >= 0.6 is 11.3 Å². The molecule has 0 amide bonds. The van der Waals surface area contributed by atoms with Crippen LogP contribution in [0.15, 0.2) is 29.0 Å². The van der Waals surface area contributed by atoms with Gasteiger partial charge in [-0.15, -0.1) is 0 Å². The number of fused-ring (bicyclic) bond motifs is 1. The van der Waals surface area contributed by atoms with Crippen molar-refractivity contribution in [3.8, 4) is 17.2 Å². The Hall–Kier alpha value is -1.72. The van der Waals surface area contributed by atoms with Crippen LogP contribution in [0.3, 0.4) is 0 Å². The van der Waals surface area contributed by atoms with Crippen molar-refractivity contribution in [2.75, 3.05) is 13.4 Å². The van der Waals surface area contributed by atoms with Gasteiger partial charge in [-0.2, -0.15) is 11.3 Å². The summed E-state index contributed by atoms with van der Waals surface area (Å²) in [5, 5.41) is 13.5. The minimum absolute atomic E-state index is 0.0789. The summed E-state index contributed by atoms with van der Waals surface area (Å²) in [6.45, 7) is 0.715. The molecule has 4 nitrogen and oxygen atoms in total. The van der Waals surface area contributed by atoms with Crippen LogP contribution in [-0.2, 0) is 13.0 Å². The summed E-state index contributed by atoms with van der Waals surface area (Å²) in [5.41, 5.74) is 1.98. The first-order valence-corrected chi connectivity index (χ1v) is 6.98. The van der Waals surface area contributed by atoms with E-state index in [9.17, 15) is 5.11 Å².